The predicted octanol–water partition coefficient (Wildman–Crippen LogP) is 2.61. The SMILES string of the molecule is CCc1cccc(C)c1NC(=O)CN1CCOC(C)(C)C1. The van der Waals surface area contributed by atoms with Crippen LogP contribution in [0, 0.1) is 6.92 Å². The topological polar surface area (TPSA) is 41.6 Å². The maximum Gasteiger partial charge on any atom is 0.238 e. The molecule has 1 aromatic rings. The Kier molecular flexibility index (Phi) is 5.01. The van der Waals surface area contributed by atoms with Crippen LogP contribution in [0.5, 0.6) is 0 Å². The van der Waals surface area contributed by atoms with Gasteiger partial charge in [0.15, 0.2) is 0 Å². The molecule has 4 heteroatoms. The molecule has 1 aliphatic heterocycles. The fourth-order valence-electron chi connectivity index (χ4n) is 2.83. The number of benzene rings is 1. The lowest BCUT2D eigenvalue weighted by atomic mass is 10.1. The van der Waals surface area contributed by atoms with Gasteiger partial charge in [-0.2, -0.15) is 0 Å². The minimum atomic E-state index is -0.171. The summed E-state index contributed by atoms with van der Waals surface area (Å²) in [6, 6.07) is 6.14. The zero-order valence-electron chi connectivity index (χ0n) is 13.5. The molecule has 1 fully saturated rings. The van der Waals surface area contributed by atoms with Crippen molar-refractivity contribution in [2.75, 3.05) is 31.6 Å². The Bertz CT molecular complexity index is 512. The van der Waals surface area contributed by atoms with Crippen LogP contribution in [0.1, 0.15) is 31.9 Å². The summed E-state index contributed by atoms with van der Waals surface area (Å²) in [4.78, 5) is 14.5. The standard InChI is InChI=1S/C17H26N2O2/c1-5-14-8-6-7-13(2)16(14)18-15(20)11-19-9-10-21-17(3,4)12-19/h6-8H,5,9-12H2,1-4H3,(H,18,20). The minimum absolute atomic E-state index is 0.0525. The number of nitrogens with one attached hydrogen (secondary N) is 1. The van der Waals surface area contributed by atoms with Crippen LogP contribution in [0.15, 0.2) is 18.2 Å². The number of anilines is 1. The first-order chi connectivity index (χ1) is 9.91. The fraction of sp³-hybridized carbons (Fsp3) is 0.588. The monoisotopic (exact) mass is 290 g/mol. The largest absolute Gasteiger partial charge is 0.373 e. The highest BCUT2D eigenvalue weighted by Gasteiger charge is 2.28. The normalized spacial score (nSPS) is 18.5. The Balaban J connectivity index is 1.99. The zero-order valence-corrected chi connectivity index (χ0v) is 13.5. The average molecular weight is 290 g/mol. The summed E-state index contributed by atoms with van der Waals surface area (Å²) in [5.74, 6) is 0.0525. The summed E-state index contributed by atoms with van der Waals surface area (Å²) in [6.07, 6.45) is 0.919. The maximum atomic E-state index is 12.3. The van der Waals surface area contributed by atoms with Crippen LogP contribution in [-0.4, -0.2) is 42.6 Å². The molecule has 0 saturated carbocycles. The van der Waals surface area contributed by atoms with Crippen LogP contribution in [0.3, 0.4) is 0 Å². The Labute approximate surface area is 127 Å². The molecule has 0 bridgehead atoms. The summed E-state index contributed by atoms with van der Waals surface area (Å²) < 4.78 is 5.68. The second kappa shape index (κ2) is 6.58. The zero-order chi connectivity index (χ0) is 15.5. The van der Waals surface area contributed by atoms with Gasteiger partial charge in [-0.25, -0.2) is 0 Å². The number of amides is 1. The molecule has 1 N–H and O–H groups in total. The van der Waals surface area contributed by atoms with Crippen molar-refractivity contribution in [3.63, 3.8) is 0 Å². The smallest absolute Gasteiger partial charge is 0.238 e. The molecule has 0 aromatic heterocycles. The fourth-order valence-corrected chi connectivity index (χ4v) is 2.83. The van der Waals surface area contributed by atoms with Crippen LogP contribution in [0.4, 0.5) is 5.69 Å². The molecular weight excluding hydrogens is 264 g/mol. The third-order valence-corrected chi connectivity index (χ3v) is 3.88. The first kappa shape index (κ1) is 16.0. The molecule has 1 heterocycles. The van der Waals surface area contributed by atoms with Gasteiger partial charge in [0.05, 0.1) is 18.8 Å². The van der Waals surface area contributed by atoms with Gasteiger partial charge in [0, 0.05) is 18.8 Å². The number of para-hydroxylation sites is 1. The first-order valence-corrected chi connectivity index (χ1v) is 7.66. The van der Waals surface area contributed by atoms with Crippen molar-refractivity contribution in [3.05, 3.63) is 29.3 Å². The molecule has 1 aliphatic rings. The van der Waals surface area contributed by atoms with E-state index in [9.17, 15) is 4.79 Å². The number of aryl methyl sites for hydroxylation is 2. The molecule has 1 aromatic carbocycles. The van der Waals surface area contributed by atoms with Gasteiger partial charge < -0.3 is 10.1 Å². The predicted molar refractivity (Wildman–Crippen MR) is 85.7 cm³/mol. The maximum absolute atomic E-state index is 12.3. The molecule has 0 aliphatic carbocycles. The number of nitrogens with zero attached hydrogens (tertiary/aromatic N) is 1. The van der Waals surface area contributed by atoms with E-state index < -0.39 is 0 Å². The number of carbonyl (C=O) groups excluding carboxylic acids is 1. The van der Waals surface area contributed by atoms with Crippen LogP contribution in [0.25, 0.3) is 0 Å². The Morgan fingerprint density at radius 1 is 1.43 bits per heavy atom. The molecule has 21 heavy (non-hydrogen) atoms. The van der Waals surface area contributed by atoms with Crippen molar-refractivity contribution >= 4 is 11.6 Å². The third kappa shape index (κ3) is 4.29. The lowest BCUT2D eigenvalue weighted by Gasteiger charge is -2.37. The Morgan fingerprint density at radius 2 is 2.19 bits per heavy atom. The van der Waals surface area contributed by atoms with E-state index in [4.69, 9.17) is 4.74 Å². The minimum Gasteiger partial charge on any atom is -0.373 e. The van der Waals surface area contributed by atoms with Gasteiger partial charge in [-0.3, -0.25) is 9.69 Å². The third-order valence-electron chi connectivity index (χ3n) is 3.88. The van der Waals surface area contributed by atoms with E-state index in [0.717, 1.165) is 30.8 Å². The quantitative estimate of drug-likeness (QED) is 0.927. The summed E-state index contributed by atoms with van der Waals surface area (Å²) in [7, 11) is 0. The van der Waals surface area contributed by atoms with Crippen molar-refractivity contribution in [1.82, 2.24) is 4.90 Å². The number of carbonyl (C=O) groups is 1. The van der Waals surface area contributed by atoms with Crippen molar-refractivity contribution in [1.29, 1.82) is 0 Å². The molecule has 0 atom stereocenters. The molecule has 0 spiro atoms. The number of morpholine rings is 1. The second-order valence-electron chi connectivity index (χ2n) is 6.33. The van der Waals surface area contributed by atoms with E-state index in [1.807, 2.05) is 19.1 Å². The summed E-state index contributed by atoms with van der Waals surface area (Å²) >= 11 is 0. The number of hydrogen-bond donors (Lipinski definition) is 1. The lowest BCUT2D eigenvalue weighted by Crippen LogP contribution is -2.50. The summed E-state index contributed by atoms with van der Waals surface area (Å²) in [6.45, 7) is 11.0. The molecule has 116 valence electrons. The summed E-state index contributed by atoms with van der Waals surface area (Å²) in [5.41, 5.74) is 3.10. The number of hydrogen-bond acceptors (Lipinski definition) is 3. The van der Waals surface area contributed by atoms with E-state index in [1.54, 1.807) is 0 Å². The number of rotatable bonds is 4. The highest BCUT2D eigenvalue weighted by molar-refractivity contribution is 5.93. The molecular formula is C17H26N2O2. The molecule has 1 saturated heterocycles. The van der Waals surface area contributed by atoms with E-state index in [-0.39, 0.29) is 11.5 Å². The van der Waals surface area contributed by atoms with Crippen molar-refractivity contribution < 1.29 is 9.53 Å². The van der Waals surface area contributed by atoms with E-state index in [1.165, 1.54) is 5.56 Å². The van der Waals surface area contributed by atoms with Gasteiger partial charge in [0.25, 0.3) is 0 Å². The van der Waals surface area contributed by atoms with E-state index >= 15 is 0 Å². The van der Waals surface area contributed by atoms with Crippen molar-refractivity contribution in [2.45, 2.75) is 39.7 Å². The van der Waals surface area contributed by atoms with Crippen molar-refractivity contribution in [3.8, 4) is 0 Å². The van der Waals surface area contributed by atoms with Crippen LogP contribution in [-0.2, 0) is 16.0 Å². The van der Waals surface area contributed by atoms with Crippen LogP contribution < -0.4 is 5.32 Å². The van der Waals surface area contributed by atoms with Gasteiger partial charge in [0.1, 0.15) is 0 Å². The van der Waals surface area contributed by atoms with Crippen LogP contribution >= 0.6 is 0 Å². The highest BCUT2D eigenvalue weighted by Crippen LogP contribution is 2.21. The molecule has 0 radical (unpaired) electrons. The van der Waals surface area contributed by atoms with E-state index in [2.05, 4.69) is 37.1 Å². The van der Waals surface area contributed by atoms with Gasteiger partial charge in [0.2, 0.25) is 5.91 Å². The first-order valence-electron chi connectivity index (χ1n) is 7.66. The molecule has 1 amide bonds. The second-order valence-corrected chi connectivity index (χ2v) is 6.33. The average Bonchev–Trinajstić information content (AvgIpc) is 2.39. The van der Waals surface area contributed by atoms with Gasteiger partial charge in [-0.15, -0.1) is 0 Å². The van der Waals surface area contributed by atoms with E-state index in [0.29, 0.717) is 13.2 Å². The summed E-state index contributed by atoms with van der Waals surface area (Å²) in [5, 5.41) is 3.08. The van der Waals surface area contributed by atoms with Gasteiger partial charge in [-0.05, 0) is 38.3 Å². The Morgan fingerprint density at radius 3 is 2.86 bits per heavy atom. The highest BCUT2D eigenvalue weighted by atomic mass is 16.5. The van der Waals surface area contributed by atoms with Gasteiger partial charge in [-0.1, -0.05) is 25.1 Å². The lowest BCUT2D eigenvalue weighted by molar-refractivity contribution is -0.122. The molecule has 2 rings (SSSR count). The van der Waals surface area contributed by atoms with Gasteiger partial charge >= 0.3 is 0 Å². The molecule has 4 nitrogen and oxygen atoms in total. The number of ether oxygens (including phenoxy) is 1. The van der Waals surface area contributed by atoms with Crippen LogP contribution in [0.2, 0.25) is 0 Å². The Hall–Kier alpha value is -1.39. The van der Waals surface area contributed by atoms with Crippen molar-refractivity contribution in [2.24, 2.45) is 0 Å². The molecule has 0 unspecified atom stereocenters.